The Morgan fingerprint density at radius 3 is 2.56 bits per heavy atom. The molecule has 54 valence electrons. The highest BCUT2D eigenvalue weighted by Crippen LogP contribution is 2.19. The molecule has 0 aromatic carbocycles. The van der Waals surface area contributed by atoms with Gasteiger partial charge in [-0.15, -0.1) is 0 Å². The van der Waals surface area contributed by atoms with Crippen molar-refractivity contribution >= 4 is 0 Å². The van der Waals surface area contributed by atoms with Crippen molar-refractivity contribution in [3.8, 4) is 0 Å². The Morgan fingerprint density at radius 2 is 2.22 bits per heavy atom. The number of rotatable bonds is 3. The number of ether oxygens (including phenoxy) is 1. The maximum absolute atomic E-state index is 4.98. The van der Waals surface area contributed by atoms with E-state index in [9.17, 15) is 0 Å². The topological polar surface area (TPSA) is 31.2 Å². The summed E-state index contributed by atoms with van der Waals surface area (Å²) < 4.78 is 4.98. The van der Waals surface area contributed by atoms with E-state index in [0.29, 0.717) is 12.1 Å². The Kier molecular flexibility index (Phi) is 2.09. The van der Waals surface area contributed by atoms with E-state index in [1.54, 1.807) is 7.11 Å². The van der Waals surface area contributed by atoms with Crippen molar-refractivity contribution < 1.29 is 4.74 Å². The van der Waals surface area contributed by atoms with Crippen molar-refractivity contribution in [3.63, 3.8) is 0 Å². The van der Waals surface area contributed by atoms with Crippen LogP contribution in [0.25, 0.3) is 0 Å². The monoisotopic (exact) mass is 129 g/mol. The summed E-state index contributed by atoms with van der Waals surface area (Å²) in [5.41, 5.74) is 0. The molecule has 1 rings (SSSR count). The second-order valence-corrected chi connectivity index (χ2v) is 3.00. The minimum Gasteiger partial charge on any atom is -0.383 e. The van der Waals surface area contributed by atoms with E-state index in [1.165, 1.54) is 0 Å². The van der Waals surface area contributed by atoms with Crippen molar-refractivity contribution in [1.29, 1.82) is 0 Å². The Bertz CT molecular complexity index is 92.9. The molecule has 0 bridgehead atoms. The van der Waals surface area contributed by atoms with Gasteiger partial charge in [0, 0.05) is 19.2 Å². The highest BCUT2D eigenvalue weighted by molar-refractivity contribution is 4.99. The summed E-state index contributed by atoms with van der Waals surface area (Å²) in [4.78, 5) is 0. The minimum atomic E-state index is 0.634. The van der Waals surface area contributed by atoms with Crippen LogP contribution in [0.5, 0.6) is 0 Å². The second-order valence-electron chi connectivity index (χ2n) is 3.00. The maximum Gasteiger partial charge on any atom is 0.0631 e. The molecular weight excluding hydrogens is 114 g/mol. The molecule has 2 unspecified atom stereocenters. The first-order valence-corrected chi connectivity index (χ1v) is 3.50. The quantitative estimate of drug-likeness (QED) is 0.567. The number of hydrogen-bond acceptors (Lipinski definition) is 2. The van der Waals surface area contributed by atoms with E-state index < -0.39 is 0 Å². The predicted octanol–water partition coefficient (Wildman–Crippen LogP) is 0.629. The molecule has 1 aliphatic rings. The van der Waals surface area contributed by atoms with Crippen LogP contribution in [-0.2, 0) is 4.74 Å². The van der Waals surface area contributed by atoms with Gasteiger partial charge in [-0.25, -0.2) is 0 Å². The van der Waals surface area contributed by atoms with Crippen LogP contribution in [0, 0.1) is 5.92 Å². The van der Waals surface area contributed by atoms with Gasteiger partial charge in [0.15, 0.2) is 0 Å². The van der Waals surface area contributed by atoms with Gasteiger partial charge >= 0.3 is 0 Å². The third-order valence-corrected chi connectivity index (χ3v) is 1.80. The molecule has 0 amide bonds. The molecule has 0 aromatic rings. The van der Waals surface area contributed by atoms with Gasteiger partial charge in [-0.3, -0.25) is 0 Å². The molecule has 9 heavy (non-hydrogen) atoms. The summed E-state index contributed by atoms with van der Waals surface area (Å²) in [6.07, 6.45) is 0. The first-order chi connectivity index (χ1) is 4.25. The van der Waals surface area contributed by atoms with Gasteiger partial charge in [0.1, 0.15) is 0 Å². The van der Waals surface area contributed by atoms with Crippen LogP contribution < -0.4 is 5.32 Å². The van der Waals surface area contributed by atoms with Crippen LogP contribution in [-0.4, -0.2) is 25.8 Å². The van der Waals surface area contributed by atoms with E-state index in [1.807, 2.05) is 0 Å². The van der Waals surface area contributed by atoms with Crippen LogP contribution in [0.1, 0.15) is 13.8 Å². The molecule has 1 heterocycles. The summed E-state index contributed by atoms with van der Waals surface area (Å²) in [7, 11) is 1.75. The molecule has 2 nitrogen and oxygen atoms in total. The third kappa shape index (κ3) is 1.66. The molecule has 1 aliphatic heterocycles. The van der Waals surface area contributed by atoms with Crippen LogP contribution in [0.15, 0.2) is 0 Å². The molecule has 2 heteroatoms. The molecule has 0 aliphatic carbocycles. The first-order valence-electron chi connectivity index (χ1n) is 3.50. The molecule has 0 aromatic heterocycles. The Morgan fingerprint density at radius 1 is 1.56 bits per heavy atom. The zero-order chi connectivity index (χ0) is 6.85. The van der Waals surface area contributed by atoms with Crippen LogP contribution in [0.4, 0.5) is 0 Å². The van der Waals surface area contributed by atoms with Gasteiger partial charge in [0.25, 0.3) is 0 Å². The number of hydrogen-bond donors (Lipinski definition) is 1. The second kappa shape index (κ2) is 2.67. The van der Waals surface area contributed by atoms with Gasteiger partial charge < -0.3 is 10.1 Å². The molecule has 1 fully saturated rings. The van der Waals surface area contributed by atoms with Crippen molar-refractivity contribution in [2.24, 2.45) is 5.92 Å². The molecule has 2 atom stereocenters. The standard InChI is InChI=1S/C7H15NO/c1-5(2)7-6(8-7)4-9-3/h5-8H,4H2,1-3H3. The SMILES string of the molecule is COCC1NC1C(C)C. The lowest BCUT2D eigenvalue weighted by molar-refractivity contribution is 0.197. The van der Waals surface area contributed by atoms with Crippen molar-refractivity contribution in [3.05, 3.63) is 0 Å². The van der Waals surface area contributed by atoms with E-state index in [4.69, 9.17) is 4.74 Å². The van der Waals surface area contributed by atoms with E-state index in [-0.39, 0.29) is 0 Å². The molecular formula is C7H15NO. The Labute approximate surface area is 56.6 Å². The maximum atomic E-state index is 4.98. The van der Waals surface area contributed by atoms with Gasteiger partial charge in [-0.05, 0) is 5.92 Å². The van der Waals surface area contributed by atoms with Gasteiger partial charge in [0.05, 0.1) is 6.61 Å². The summed E-state index contributed by atoms with van der Waals surface area (Å²) in [5, 5.41) is 3.34. The van der Waals surface area contributed by atoms with Crippen LogP contribution >= 0.6 is 0 Å². The lowest BCUT2D eigenvalue weighted by atomic mass is 10.1. The van der Waals surface area contributed by atoms with Gasteiger partial charge in [0.2, 0.25) is 0 Å². The van der Waals surface area contributed by atoms with Crippen LogP contribution in [0.2, 0.25) is 0 Å². The Balaban J connectivity index is 2.09. The molecule has 1 N–H and O–H groups in total. The minimum absolute atomic E-state index is 0.634. The zero-order valence-electron chi connectivity index (χ0n) is 6.35. The van der Waals surface area contributed by atoms with E-state index in [0.717, 1.165) is 12.5 Å². The highest BCUT2D eigenvalue weighted by Gasteiger charge is 2.37. The van der Waals surface area contributed by atoms with Crippen molar-refractivity contribution in [2.75, 3.05) is 13.7 Å². The fourth-order valence-corrected chi connectivity index (χ4v) is 1.18. The van der Waals surface area contributed by atoms with Crippen molar-refractivity contribution in [2.45, 2.75) is 25.9 Å². The fraction of sp³-hybridized carbons (Fsp3) is 1.00. The number of nitrogens with one attached hydrogen (secondary N) is 1. The molecule has 0 spiro atoms. The largest absolute Gasteiger partial charge is 0.383 e. The smallest absolute Gasteiger partial charge is 0.0631 e. The fourth-order valence-electron chi connectivity index (χ4n) is 1.18. The summed E-state index contributed by atoms with van der Waals surface area (Å²) in [6.45, 7) is 5.32. The third-order valence-electron chi connectivity index (χ3n) is 1.80. The van der Waals surface area contributed by atoms with E-state index in [2.05, 4.69) is 19.2 Å². The summed E-state index contributed by atoms with van der Waals surface area (Å²) >= 11 is 0. The average molecular weight is 129 g/mol. The normalized spacial score (nSPS) is 33.3. The van der Waals surface area contributed by atoms with Crippen LogP contribution in [0.3, 0.4) is 0 Å². The summed E-state index contributed by atoms with van der Waals surface area (Å²) in [6, 6.07) is 1.35. The highest BCUT2D eigenvalue weighted by atomic mass is 16.5. The lowest BCUT2D eigenvalue weighted by Crippen LogP contribution is -2.06. The molecule has 1 saturated heterocycles. The van der Waals surface area contributed by atoms with Gasteiger partial charge in [-0.1, -0.05) is 13.8 Å². The van der Waals surface area contributed by atoms with Gasteiger partial charge in [-0.2, -0.15) is 0 Å². The molecule has 0 saturated carbocycles. The first kappa shape index (κ1) is 7.03. The summed E-state index contributed by atoms with van der Waals surface area (Å²) in [5.74, 6) is 0.755. The molecule has 0 radical (unpaired) electrons. The van der Waals surface area contributed by atoms with E-state index >= 15 is 0 Å². The Hall–Kier alpha value is -0.0800. The number of methoxy groups -OCH3 is 1. The lowest BCUT2D eigenvalue weighted by Gasteiger charge is -1.98. The van der Waals surface area contributed by atoms with Crippen molar-refractivity contribution in [1.82, 2.24) is 5.32 Å². The predicted molar refractivity (Wildman–Crippen MR) is 37.4 cm³/mol. The zero-order valence-corrected chi connectivity index (χ0v) is 6.35. The average Bonchev–Trinajstić information content (AvgIpc) is 2.47.